The number of aryl methyl sites for hydroxylation is 1. The number of hydrogen-bond acceptors (Lipinski definition) is 3. The Labute approximate surface area is 119 Å². The van der Waals surface area contributed by atoms with Crippen LogP contribution >= 0.6 is 31.9 Å². The first-order valence-electron chi connectivity index (χ1n) is 4.95. The Morgan fingerprint density at radius 1 is 1.39 bits per heavy atom. The monoisotopic (exact) mass is 375 g/mol. The summed E-state index contributed by atoms with van der Waals surface area (Å²) in [5.74, 6) is 0.0383. The zero-order valence-electron chi connectivity index (χ0n) is 9.22. The lowest BCUT2D eigenvalue weighted by Crippen LogP contribution is -2.10. The van der Waals surface area contributed by atoms with Crippen molar-refractivity contribution >= 4 is 43.4 Å². The molecule has 1 aromatic carbocycles. The van der Waals surface area contributed by atoms with E-state index < -0.39 is 0 Å². The van der Waals surface area contributed by atoms with Crippen molar-refractivity contribution in [1.82, 2.24) is 9.97 Å². The summed E-state index contributed by atoms with van der Waals surface area (Å²) in [6, 6.07) is 2.99. The summed E-state index contributed by atoms with van der Waals surface area (Å²) < 4.78 is 13.9. The number of aromatic nitrogens is 2. The van der Waals surface area contributed by atoms with Gasteiger partial charge in [0.15, 0.2) is 5.82 Å². The third-order valence-electron chi connectivity index (χ3n) is 2.32. The van der Waals surface area contributed by atoms with E-state index in [0.717, 1.165) is 0 Å². The Hall–Kier alpha value is -1.21. The summed E-state index contributed by atoms with van der Waals surface area (Å²) in [5.41, 5.74) is 1.10. The number of aromatic amines is 1. The topological polar surface area (TPSA) is 57.8 Å². The van der Waals surface area contributed by atoms with Crippen molar-refractivity contribution in [2.75, 3.05) is 5.32 Å². The molecule has 2 N–H and O–H groups in total. The normalized spacial score (nSPS) is 10.4. The highest BCUT2D eigenvalue weighted by Crippen LogP contribution is 2.27. The van der Waals surface area contributed by atoms with Crippen LogP contribution in [0.2, 0.25) is 0 Å². The lowest BCUT2D eigenvalue weighted by atomic mass is 10.2. The van der Waals surface area contributed by atoms with Crippen LogP contribution in [-0.4, -0.2) is 9.97 Å². The average molecular weight is 377 g/mol. The number of hydrogen-bond donors (Lipinski definition) is 2. The smallest absolute Gasteiger partial charge is 0.267 e. The summed E-state index contributed by atoms with van der Waals surface area (Å²) in [4.78, 5) is 17.8. The van der Waals surface area contributed by atoms with Gasteiger partial charge in [0, 0.05) is 5.69 Å². The van der Waals surface area contributed by atoms with E-state index in [2.05, 4.69) is 47.1 Å². The molecule has 0 saturated heterocycles. The van der Waals surface area contributed by atoms with Crippen molar-refractivity contribution in [3.05, 3.63) is 49.1 Å². The zero-order valence-corrected chi connectivity index (χ0v) is 12.4. The van der Waals surface area contributed by atoms with Gasteiger partial charge in [0.2, 0.25) is 0 Å². The van der Waals surface area contributed by atoms with E-state index >= 15 is 0 Å². The molecular formula is C11H8Br2FN3O. The Morgan fingerprint density at radius 3 is 2.83 bits per heavy atom. The summed E-state index contributed by atoms with van der Waals surface area (Å²) in [5, 5.41) is 2.97. The van der Waals surface area contributed by atoms with E-state index in [0.29, 0.717) is 26.0 Å². The van der Waals surface area contributed by atoms with Crippen LogP contribution in [0.3, 0.4) is 0 Å². The molecule has 2 aromatic rings. The van der Waals surface area contributed by atoms with Crippen LogP contribution < -0.4 is 10.9 Å². The van der Waals surface area contributed by atoms with Gasteiger partial charge in [-0.1, -0.05) is 0 Å². The second-order valence-electron chi connectivity index (χ2n) is 3.60. The van der Waals surface area contributed by atoms with Crippen LogP contribution in [0.5, 0.6) is 0 Å². The Kier molecular flexibility index (Phi) is 3.82. The van der Waals surface area contributed by atoms with E-state index in [4.69, 9.17) is 0 Å². The lowest BCUT2D eigenvalue weighted by molar-refractivity contribution is 0.620. The number of anilines is 2. The first-order valence-corrected chi connectivity index (χ1v) is 6.53. The van der Waals surface area contributed by atoms with Crippen molar-refractivity contribution < 1.29 is 4.39 Å². The number of H-pyrrole nitrogens is 1. The molecule has 0 aliphatic rings. The maximum Gasteiger partial charge on any atom is 0.267 e. The van der Waals surface area contributed by atoms with Crippen LogP contribution in [0.25, 0.3) is 0 Å². The summed E-state index contributed by atoms with van der Waals surface area (Å²) >= 11 is 6.25. The predicted molar refractivity (Wildman–Crippen MR) is 74.7 cm³/mol. The number of rotatable bonds is 2. The van der Waals surface area contributed by atoms with Crippen LogP contribution in [-0.2, 0) is 0 Å². The first kappa shape index (κ1) is 13.2. The maximum atomic E-state index is 13.3. The minimum atomic E-state index is -0.337. The molecule has 0 saturated carbocycles. The molecule has 0 amide bonds. The van der Waals surface area contributed by atoms with Gasteiger partial charge in [0.25, 0.3) is 5.56 Å². The third kappa shape index (κ3) is 2.62. The second kappa shape index (κ2) is 5.19. The van der Waals surface area contributed by atoms with E-state index in [-0.39, 0.29) is 11.4 Å². The SMILES string of the molecule is Cc1cc(F)c(Br)cc1Nc1nc[nH]c(=O)c1Br. The molecule has 0 bridgehead atoms. The zero-order chi connectivity index (χ0) is 13.3. The molecule has 1 heterocycles. The van der Waals surface area contributed by atoms with Gasteiger partial charge in [-0.15, -0.1) is 0 Å². The van der Waals surface area contributed by atoms with Crippen LogP contribution in [0.15, 0.2) is 32.2 Å². The van der Waals surface area contributed by atoms with Gasteiger partial charge in [0.1, 0.15) is 10.3 Å². The second-order valence-corrected chi connectivity index (χ2v) is 5.25. The standard InChI is InChI=1S/C11H8Br2FN3O/c1-5-2-7(14)6(12)3-8(5)17-10-9(13)11(18)16-4-15-10/h2-4H,1H3,(H2,15,16,17,18). The van der Waals surface area contributed by atoms with Crippen molar-refractivity contribution in [1.29, 1.82) is 0 Å². The first-order chi connectivity index (χ1) is 8.49. The predicted octanol–water partition coefficient (Wildman–Crippen LogP) is 3.49. The van der Waals surface area contributed by atoms with Gasteiger partial charge in [-0.3, -0.25) is 4.79 Å². The number of nitrogens with zero attached hydrogens (tertiary/aromatic N) is 1. The fourth-order valence-corrected chi connectivity index (χ4v) is 2.04. The molecule has 0 aliphatic carbocycles. The molecule has 0 atom stereocenters. The third-order valence-corrected chi connectivity index (χ3v) is 3.66. The molecule has 0 fully saturated rings. The largest absolute Gasteiger partial charge is 0.339 e. The van der Waals surface area contributed by atoms with Crippen LogP contribution in [0.4, 0.5) is 15.9 Å². The van der Waals surface area contributed by atoms with Crippen molar-refractivity contribution in [3.8, 4) is 0 Å². The molecule has 0 unspecified atom stereocenters. The summed E-state index contributed by atoms with van der Waals surface area (Å²) in [6.45, 7) is 1.76. The molecule has 1 aromatic heterocycles. The van der Waals surface area contributed by atoms with Crippen molar-refractivity contribution in [2.24, 2.45) is 0 Å². The highest BCUT2D eigenvalue weighted by atomic mass is 79.9. The van der Waals surface area contributed by atoms with E-state index in [9.17, 15) is 9.18 Å². The molecule has 0 radical (unpaired) electrons. The summed E-state index contributed by atoms with van der Waals surface area (Å²) in [6.07, 6.45) is 1.29. The molecule has 4 nitrogen and oxygen atoms in total. The quantitative estimate of drug-likeness (QED) is 0.843. The fraction of sp³-hybridized carbons (Fsp3) is 0.0909. The maximum absolute atomic E-state index is 13.3. The minimum absolute atomic E-state index is 0.286. The summed E-state index contributed by atoms with van der Waals surface area (Å²) in [7, 11) is 0. The highest BCUT2D eigenvalue weighted by molar-refractivity contribution is 9.10. The van der Waals surface area contributed by atoms with Crippen LogP contribution in [0.1, 0.15) is 5.56 Å². The van der Waals surface area contributed by atoms with Gasteiger partial charge >= 0.3 is 0 Å². The minimum Gasteiger partial charge on any atom is -0.339 e. The number of benzene rings is 1. The molecule has 18 heavy (non-hydrogen) atoms. The van der Waals surface area contributed by atoms with E-state index in [1.807, 2.05) is 0 Å². The van der Waals surface area contributed by atoms with Crippen molar-refractivity contribution in [3.63, 3.8) is 0 Å². The molecule has 2 rings (SSSR count). The average Bonchev–Trinajstić information content (AvgIpc) is 2.32. The molecule has 7 heteroatoms. The van der Waals surface area contributed by atoms with E-state index in [1.54, 1.807) is 13.0 Å². The molecular weight excluding hydrogens is 369 g/mol. The molecule has 0 spiro atoms. The Bertz CT molecular complexity index is 657. The van der Waals surface area contributed by atoms with Gasteiger partial charge in [-0.25, -0.2) is 9.37 Å². The molecule has 0 aliphatic heterocycles. The van der Waals surface area contributed by atoms with Gasteiger partial charge in [-0.05, 0) is 56.5 Å². The molecule has 94 valence electrons. The number of nitrogens with one attached hydrogen (secondary N) is 2. The fourth-order valence-electron chi connectivity index (χ4n) is 1.38. The van der Waals surface area contributed by atoms with Gasteiger partial charge < -0.3 is 10.3 Å². The van der Waals surface area contributed by atoms with Crippen LogP contribution in [0, 0.1) is 12.7 Å². The van der Waals surface area contributed by atoms with Gasteiger partial charge in [0.05, 0.1) is 10.8 Å². The Balaban J connectivity index is 2.43. The lowest BCUT2D eigenvalue weighted by Gasteiger charge is -2.10. The van der Waals surface area contributed by atoms with Gasteiger partial charge in [-0.2, -0.15) is 0 Å². The van der Waals surface area contributed by atoms with Crippen molar-refractivity contribution in [2.45, 2.75) is 6.92 Å². The Morgan fingerprint density at radius 2 is 2.11 bits per heavy atom. The van der Waals surface area contributed by atoms with E-state index in [1.165, 1.54) is 12.4 Å². The highest BCUT2D eigenvalue weighted by Gasteiger charge is 2.09. The number of halogens is 3.